The predicted molar refractivity (Wildman–Crippen MR) is 75.6 cm³/mol. The van der Waals surface area contributed by atoms with Crippen LogP contribution in [0.15, 0.2) is 24.3 Å². The van der Waals surface area contributed by atoms with Gasteiger partial charge in [-0.25, -0.2) is 0 Å². The number of nitriles is 1. The van der Waals surface area contributed by atoms with Gasteiger partial charge in [0.2, 0.25) is 11.8 Å². The molecule has 1 aromatic carbocycles. The number of ether oxygens (including phenoxy) is 2. The molecule has 1 aliphatic heterocycles. The molecule has 2 heterocycles. The number of aromatic nitrogens is 2. The normalized spacial score (nSPS) is 20.3. The molecule has 0 saturated heterocycles. The molecule has 2 atom stereocenters. The summed E-state index contributed by atoms with van der Waals surface area (Å²) < 4.78 is 10.6. The minimum Gasteiger partial charge on any atom is -0.497 e. The summed E-state index contributed by atoms with van der Waals surface area (Å²) in [6.45, 7) is 1.88. The van der Waals surface area contributed by atoms with Crippen LogP contribution >= 0.6 is 0 Å². The van der Waals surface area contributed by atoms with E-state index in [0.717, 1.165) is 16.8 Å². The zero-order chi connectivity index (χ0) is 15.0. The smallest absolute Gasteiger partial charge is 0.243 e. The highest BCUT2D eigenvalue weighted by atomic mass is 16.5. The maximum atomic E-state index is 9.44. The first-order valence-corrected chi connectivity index (χ1v) is 6.50. The second kappa shape index (κ2) is 4.94. The zero-order valence-electron chi connectivity index (χ0n) is 11.7. The summed E-state index contributed by atoms with van der Waals surface area (Å²) in [6.07, 6.45) is 0. The number of hydrogen-bond acceptors (Lipinski definition) is 5. The van der Waals surface area contributed by atoms with Crippen molar-refractivity contribution in [3.8, 4) is 17.7 Å². The predicted octanol–water partition coefficient (Wildman–Crippen LogP) is 2.37. The number of nitrogens with one attached hydrogen (secondary N) is 2. The number of aromatic amines is 1. The van der Waals surface area contributed by atoms with Crippen molar-refractivity contribution < 1.29 is 9.47 Å². The quantitative estimate of drug-likeness (QED) is 0.884. The maximum Gasteiger partial charge on any atom is 0.243 e. The highest BCUT2D eigenvalue weighted by Crippen LogP contribution is 2.43. The molecule has 21 heavy (non-hydrogen) atoms. The SMILES string of the molecule is COc1cccc(C2c3c(n[nH]c3C)OC(=N)C2C#N)c1. The molecule has 3 rings (SSSR count). The van der Waals surface area contributed by atoms with Crippen LogP contribution in [0.1, 0.15) is 22.7 Å². The second-order valence-electron chi connectivity index (χ2n) is 4.89. The Labute approximate surface area is 121 Å². The van der Waals surface area contributed by atoms with Gasteiger partial charge in [0.05, 0.1) is 13.2 Å². The lowest BCUT2D eigenvalue weighted by atomic mass is 9.79. The Morgan fingerprint density at radius 3 is 3.00 bits per heavy atom. The molecule has 6 nitrogen and oxygen atoms in total. The third-order valence-electron chi connectivity index (χ3n) is 3.69. The van der Waals surface area contributed by atoms with Crippen molar-refractivity contribution in [3.05, 3.63) is 41.1 Å². The first-order valence-electron chi connectivity index (χ1n) is 6.50. The molecule has 106 valence electrons. The fraction of sp³-hybridized carbons (Fsp3) is 0.267. The van der Waals surface area contributed by atoms with Gasteiger partial charge in [0.15, 0.2) is 0 Å². The number of methoxy groups -OCH3 is 1. The Hall–Kier alpha value is -2.81. The lowest BCUT2D eigenvalue weighted by Gasteiger charge is -2.27. The van der Waals surface area contributed by atoms with Crippen molar-refractivity contribution in [2.45, 2.75) is 12.8 Å². The van der Waals surface area contributed by atoms with Crippen molar-refractivity contribution in [1.82, 2.24) is 10.2 Å². The van der Waals surface area contributed by atoms with Crippen LogP contribution in [0.4, 0.5) is 0 Å². The maximum absolute atomic E-state index is 9.44. The van der Waals surface area contributed by atoms with E-state index in [0.29, 0.717) is 11.6 Å². The van der Waals surface area contributed by atoms with Crippen LogP contribution in [0.3, 0.4) is 0 Å². The van der Waals surface area contributed by atoms with Gasteiger partial charge in [0.25, 0.3) is 0 Å². The van der Waals surface area contributed by atoms with Crippen LogP contribution in [0.5, 0.6) is 11.6 Å². The number of aryl methyl sites for hydroxylation is 1. The lowest BCUT2D eigenvalue weighted by Crippen LogP contribution is -2.30. The van der Waals surface area contributed by atoms with Crippen LogP contribution < -0.4 is 9.47 Å². The highest BCUT2D eigenvalue weighted by molar-refractivity contribution is 5.84. The summed E-state index contributed by atoms with van der Waals surface area (Å²) in [7, 11) is 1.60. The van der Waals surface area contributed by atoms with Crippen LogP contribution in [0.25, 0.3) is 0 Å². The third kappa shape index (κ3) is 2.03. The van der Waals surface area contributed by atoms with E-state index >= 15 is 0 Å². The molecule has 6 heteroatoms. The van der Waals surface area contributed by atoms with Crippen molar-refractivity contribution in [3.63, 3.8) is 0 Å². The van der Waals surface area contributed by atoms with E-state index < -0.39 is 5.92 Å². The Morgan fingerprint density at radius 1 is 1.48 bits per heavy atom. The van der Waals surface area contributed by atoms with Gasteiger partial charge < -0.3 is 9.47 Å². The number of benzene rings is 1. The standard InChI is InChI=1S/C15H14N4O2/c1-8-12-13(9-4-3-5-10(6-9)20-2)11(7-16)14(17)21-15(12)19-18-8/h3-6,11,13,17H,1-2H3,(H,18,19). The van der Waals surface area contributed by atoms with Crippen molar-refractivity contribution in [2.24, 2.45) is 5.92 Å². The van der Waals surface area contributed by atoms with Crippen LogP contribution in [-0.2, 0) is 0 Å². The minimum atomic E-state index is -0.680. The van der Waals surface area contributed by atoms with Crippen molar-refractivity contribution in [1.29, 1.82) is 10.7 Å². The fourth-order valence-corrected chi connectivity index (χ4v) is 2.67. The molecule has 0 saturated carbocycles. The molecule has 0 fully saturated rings. The third-order valence-corrected chi connectivity index (χ3v) is 3.69. The van der Waals surface area contributed by atoms with Gasteiger partial charge in [-0.2, -0.15) is 5.26 Å². The van der Waals surface area contributed by atoms with E-state index in [1.807, 2.05) is 31.2 Å². The van der Waals surface area contributed by atoms with E-state index in [-0.39, 0.29) is 11.8 Å². The molecule has 2 unspecified atom stereocenters. The van der Waals surface area contributed by atoms with Crippen LogP contribution in [0, 0.1) is 29.6 Å². The summed E-state index contributed by atoms with van der Waals surface area (Å²) in [5.41, 5.74) is 2.57. The van der Waals surface area contributed by atoms with Crippen LogP contribution in [0.2, 0.25) is 0 Å². The Kier molecular flexibility index (Phi) is 3.10. The number of nitrogens with zero attached hydrogens (tertiary/aromatic N) is 2. The molecule has 0 spiro atoms. The summed E-state index contributed by atoms with van der Waals surface area (Å²) in [6, 6.07) is 9.69. The molecular weight excluding hydrogens is 268 g/mol. The van der Waals surface area contributed by atoms with Gasteiger partial charge in [-0.15, -0.1) is 5.10 Å². The topological polar surface area (TPSA) is 94.8 Å². The summed E-state index contributed by atoms with van der Waals surface area (Å²) in [5, 5.41) is 24.3. The molecule has 2 aromatic rings. The molecule has 1 aliphatic rings. The molecular formula is C15H14N4O2. The second-order valence-corrected chi connectivity index (χ2v) is 4.89. The molecule has 0 amide bonds. The first-order chi connectivity index (χ1) is 10.2. The largest absolute Gasteiger partial charge is 0.497 e. The Morgan fingerprint density at radius 2 is 2.29 bits per heavy atom. The Balaban J connectivity index is 2.19. The molecule has 0 radical (unpaired) electrons. The fourth-order valence-electron chi connectivity index (χ4n) is 2.67. The number of hydrogen-bond donors (Lipinski definition) is 2. The number of rotatable bonds is 2. The zero-order valence-corrected chi connectivity index (χ0v) is 11.7. The van der Waals surface area contributed by atoms with E-state index in [9.17, 15) is 5.26 Å². The van der Waals surface area contributed by atoms with Gasteiger partial charge in [0, 0.05) is 17.2 Å². The average molecular weight is 282 g/mol. The van der Waals surface area contributed by atoms with Crippen molar-refractivity contribution in [2.75, 3.05) is 7.11 Å². The van der Waals surface area contributed by atoms with Crippen molar-refractivity contribution >= 4 is 5.90 Å². The lowest BCUT2D eigenvalue weighted by molar-refractivity contribution is 0.411. The monoisotopic (exact) mass is 282 g/mol. The molecule has 1 aromatic heterocycles. The van der Waals surface area contributed by atoms with Crippen LogP contribution in [-0.4, -0.2) is 23.2 Å². The molecule has 2 N–H and O–H groups in total. The van der Waals surface area contributed by atoms with Gasteiger partial charge in [0.1, 0.15) is 11.7 Å². The van der Waals surface area contributed by atoms with E-state index in [1.165, 1.54) is 0 Å². The van der Waals surface area contributed by atoms with Gasteiger partial charge in [-0.1, -0.05) is 12.1 Å². The van der Waals surface area contributed by atoms with E-state index in [1.54, 1.807) is 7.11 Å². The summed E-state index contributed by atoms with van der Waals surface area (Å²) in [4.78, 5) is 0. The summed E-state index contributed by atoms with van der Waals surface area (Å²) >= 11 is 0. The minimum absolute atomic E-state index is 0.0793. The van der Waals surface area contributed by atoms with Gasteiger partial charge in [-0.05, 0) is 24.6 Å². The number of H-pyrrole nitrogens is 1. The van der Waals surface area contributed by atoms with Gasteiger partial charge >= 0.3 is 0 Å². The highest BCUT2D eigenvalue weighted by Gasteiger charge is 2.39. The average Bonchev–Trinajstić information content (AvgIpc) is 2.86. The summed E-state index contributed by atoms with van der Waals surface area (Å²) in [5.74, 6) is 0.0343. The molecule has 0 bridgehead atoms. The number of fused-ring (bicyclic) bond motifs is 1. The molecule has 0 aliphatic carbocycles. The van der Waals surface area contributed by atoms with Gasteiger partial charge in [-0.3, -0.25) is 10.5 Å². The van der Waals surface area contributed by atoms with E-state index in [4.69, 9.17) is 14.9 Å². The first kappa shape index (κ1) is 13.2. The Bertz CT molecular complexity index is 744. The van der Waals surface area contributed by atoms with E-state index in [2.05, 4.69) is 16.3 Å².